The van der Waals surface area contributed by atoms with Crippen molar-refractivity contribution in [1.29, 1.82) is 0 Å². The highest BCUT2D eigenvalue weighted by Crippen LogP contribution is 2.23. The molecule has 1 fully saturated rings. The number of nitrogens with zero attached hydrogens (tertiary/aromatic N) is 1. The Kier molecular flexibility index (Phi) is 4.02. The third kappa shape index (κ3) is 2.20. The van der Waals surface area contributed by atoms with E-state index in [2.05, 4.69) is 18.7 Å². The summed E-state index contributed by atoms with van der Waals surface area (Å²) in [5, 5.41) is 9.04. The molecule has 1 saturated heterocycles. The third-order valence-electron chi connectivity index (χ3n) is 2.88. The van der Waals surface area contributed by atoms with Crippen LogP contribution in [0, 0.1) is 5.92 Å². The molecule has 1 rings (SSSR count). The Balaban J connectivity index is 2.14. The van der Waals surface area contributed by atoms with Crippen molar-refractivity contribution in [3.05, 3.63) is 0 Å². The van der Waals surface area contributed by atoms with Gasteiger partial charge in [-0.05, 0) is 18.8 Å². The van der Waals surface area contributed by atoms with Crippen molar-refractivity contribution in [3.8, 4) is 0 Å². The minimum atomic E-state index is 0.329. The van der Waals surface area contributed by atoms with Crippen molar-refractivity contribution in [3.63, 3.8) is 0 Å². The smallest absolute Gasteiger partial charge is 0.0586 e. The van der Waals surface area contributed by atoms with Crippen LogP contribution in [0.3, 0.4) is 0 Å². The Morgan fingerprint density at radius 3 is 2.50 bits per heavy atom. The molecule has 1 aliphatic heterocycles. The molecule has 0 amide bonds. The van der Waals surface area contributed by atoms with Crippen LogP contribution >= 0.6 is 0 Å². The van der Waals surface area contributed by atoms with Crippen molar-refractivity contribution in [2.45, 2.75) is 39.2 Å². The van der Waals surface area contributed by atoms with Gasteiger partial charge in [0, 0.05) is 19.1 Å². The second-order valence-electron chi connectivity index (χ2n) is 3.85. The summed E-state index contributed by atoms with van der Waals surface area (Å²) in [4.78, 5) is 2.40. The zero-order chi connectivity index (χ0) is 8.97. The van der Waals surface area contributed by atoms with Gasteiger partial charge >= 0.3 is 0 Å². The van der Waals surface area contributed by atoms with Crippen molar-refractivity contribution in [2.75, 3.05) is 19.7 Å². The Morgan fingerprint density at radius 1 is 1.42 bits per heavy atom. The van der Waals surface area contributed by atoms with E-state index >= 15 is 0 Å². The van der Waals surface area contributed by atoms with Crippen molar-refractivity contribution in [1.82, 2.24) is 4.90 Å². The molecular formula is C10H21NO. The molecule has 1 N–H and O–H groups in total. The Hall–Kier alpha value is -0.0800. The molecule has 0 bridgehead atoms. The predicted octanol–water partition coefficient (Wildman–Crippen LogP) is 1.49. The lowest BCUT2D eigenvalue weighted by atomic mass is 9.93. The number of hydrogen-bond donors (Lipinski definition) is 1. The van der Waals surface area contributed by atoms with Crippen LogP contribution in [0.25, 0.3) is 0 Å². The lowest BCUT2D eigenvalue weighted by Crippen LogP contribution is -2.53. The minimum absolute atomic E-state index is 0.329. The summed E-state index contributed by atoms with van der Waals surface area (Å²) in [5.41, 5.74) is 0. The zero-order valence-electron chi connectivity index (χ0n) is 8.29. The molecule has 72 valence electrons. The first-order chi connectivity index (χ1) is 5.81. The summed E-state index contributed by atoms with van der Waals surface area (Å²) in [6.45, 7) is 7.15. The second-order valence-corrected chi connectivity index (χ2v) is 3.85. The molecule has 0 unspecified atom stereocenters. The fourth-order valence-corrected chi connectivity index (χ4v) is 2.00. The highest BCUT2D eigenvalue weighted by Gasteiger charge is 2.29. The number of aliphatic hydroxyl groups is 1. The summed E-state index contributed by atoms with van der Waals surface area (Å²) in [5.74, 6) is 0.913. The standard InChI is InChI=1S/C10H21NO/c1-3-5-9-6-11(7-9)10(4-2)8-12/h9-10,12H,3-8H2,1-2H3/t10-/m0/s1. The molecule has 0 radical (unpaired) electrons. The van der Waals surface area contributed by atoms with E-state index in [1.54, 1.807) is 0 Å². The van der Waals surface area contributed by atoms with E-state index in [-0.39, 0.29) is 0 Å². The normalized spacial score (nSPS) is 22.2. The fraction of sp³-hybridized carbons (Fsp3) is 1.00. The molecule has 1 atom stereocenters. The maximum Gasteiger partial charge on any atom is 0.0586 e. The van der Waals surface area contributed by atoms with Gasteiger partial charge in [-0.3, -0.25) is 4.90 Å². The quantitative estimate of drug-likeness (QED) is 0.677. The first kappa shape index (κ1) is 10.0. The molecule has 0 spiro atoms. The van der Waals surface area contributed by atoms with E-state index in [1.165, 1.54) is 25.9 Å². The van der Waals surface area contributed by atoms with Crippen LogP contribution in [0.15, 0.2) is 0 Å². The molecule has 0 aromatic heterocycles. The first-order valence-electron chi connectivity index (χ1n) is 5.16. The van der Waals surface area contributed by atoms with Crippen LogP contribution in [-0.4, -0.2) is 35.7 Å². The largest absolute Gasteiger partial charge is 0.395 e. The number of likely N-dealkylation sites (tertiary alicyclic amines) is 1. The van der Waals surface area contributed by atoms with Crippen LogP contribution in [0.5, 0.6) is 0 Å². The second kappa shape index (κ2) is 4.83. The van der Waals surface area contributed by atoms with Gasteiger partial charge in [0.15, 0.2) is 0 Å². The van der Waals surface area contributed by atoms with Gasteiger partial charge in [-0.1, -0.05) is 20.3 Å². The number of hydrogen-bond acceptors (Lipinski definition) is 2. The van der Waals surface area contributed by atoms with Gasteiger partial charge in [0.25, 0.3) is 0 Å². The summed E-state index contributed by atoms with van der Waals surface area (Å²) >= 11 is 0. The summed E-state index contributed by atoms with van der Waals surface area (Å²) in [7, 11) is 0. The topological polar surface area (TPSA) is 23.5 Å². The minimum Gasteiger partial charge on any atom is -0.395 e. The van der Waals surface area contributed by atoms with Crippen molar-refractivity contribution >= 4 is 0 Å². The van der Waals surface area contributed by atoms with Crippen LogP contribution < -0.4 is 0 Å². The lowest BCUT2D eigenvalue weighted by Gasteiger charge is -2.43. The highest BCUT2D eigenvalue weighted by molar-refractivity contribution is 4.84. The molecular weight excluding hydrogens is 150 g/mol. The molecule has 2 nitrogen and oxygen atoms in total. The summed E-state index contributed by atoms with van der Waals surface area (Å²) < 4.78 is 0. The van der Waals surface area contributed by atoms with E-state index in [1.807, 2.05) is 0 Å². The highest BCUT2D eigenvalue weighted by atomic mass is 16.3. The monoisotopic (exact) mass is 171 g/mol. The Bertz CT molecular complexity index is 117. The van der Waals surface area contributed by atoms with Gasteiger partial charge in [0.1, 0.15) is 0 Å². The molecule has 1 heterocycles. The van der Waals surface area contributed by atoms with E-state index in [4.69, 9.17) is 5.11 Å². The maximum absolute atomic E-state index is 9.04. The third-order valence-corrected chi connectivity index (χ3v) is 2.88. The molecule has 2 heteroatoms. The van der Waals surface area contributed by atoms with Crippen LogP contribution in [0.2, 0.25) is 0 Å². The maximum atomic E-state index is 9.04. The fourth-order valence-electron chi connectivity index (χ4n) is 2.00. The van der Waals surface area contributed by atoms with Crippen LogP contribution in [0.1, 0.15) is 33.1 Å². The van der Waals surface area contributed by atoms with E-state index in [0.29, 0.717) is 12.6 Å². The van der Waals surface area contributed by atoms with Gasteiger partial charge in [0.05, 0.1) is 6.61 Å². The lowest BCUT2D eigenvalue weighted by molar-refractivity contribution is 0.0189. The average molecular weight is 171 g/mol. The van der Waals surface area contributed by atoms with Crippen molar-refractivity contribution < 1.29 is 5.11 Å². The van der Waals surface area contributed by atoms with Gasteiger partial charge in [0.2, 0.25) is 0 Å². The number of aliphatic hydroxyl groups excluding tert-OH is 1. The van der Waals surface area contributed by atoms with Gasteiger partial charge in [-0.25, -0.2) is 0 Å². The first-order valence-corrected chi connectivity index (χ1v) is 5.16. The van der Waals surface area contributed by atoms with Gasteiger partial charge in [-0.2, -0.15) is 0 Å². The van der Waals surface area contributed by atoms with Crippen LogP contribution in [0.4, 0.5) is 0 Å². The van der Waals surface area contributed by atoms with Crippen molar-refractivity contribution in [2.24, 2.45) is 5.92 Å². The number of rotatable bonds is 5. The molecule has 0 aromatic rings. The Morgan fingerprint density at radius 2 is 2.08 bits per heavy atom. The molecule has 12 heavy (non-hydrogen) atoms. The Labute approximate surface area is 75.6 Å². The molecule has 0 aromatic carbocycles. The SMILES string of the molecule is CCCC1CN([C@@H](CC)CO)C1. The van der Waals surface area contributed by atoms with E-state index in [9.17, 15) is 0 Å². The van der Waals surface area contributed by atoms with E-state index in [0.717, 1.165) is 12.3 Å². The predicted molar refractivity (Wildman–Crippen MR) is 51.1 cm³/mol. The zero-order valence-corrected chi connectivity index (χ0v) is 8.29. The van der Waals surface area contributed by atoms with Gasteiger partial charge in [-0.15, -0.1) is 0 Å². The molecule has 1 aliphatic rings. The summed E-state index contributed by atoms with van der Waals surface area (Å²) in [6.07, 6.45) is 3.74. The molecule has 0 saturated carbocycles. The van der Waals surface area contributed by atoms with E-state index < -0.39 is 0 Å². The average Bonchev–Trinajstić information content (AvgIpc) is 2.02. The van der Waals surface area contributed by atoms with Gasteiger partial charge < -0.3 is 5.11 Å². The van der Waals surface area contributed by atoms with Crippen LogP contribution in [-0.2, 0) is 0 Å². The molecule has 0 aliphatic carbocycles. The summed E-state index contributed by atoms with van der Waals surface area (Å²) in [6, 6.07) is 0.429.